The highest BCUT2D eigenvalue weighted by Crippen LogP contribution is 2.39. The van der Waals surface area contributed by atoms with E-state index in [2.05, 4.69) is 39.0 Å². The molecule has 0 N–H and O–H groups in total. The summed E-state index contributed by atoms with van der Waals surface area (Å²) in [5.74, 6) is -0.655. The molecule has 0 spiro atoms. The van der Waals surface area contributed by atoms with Gasteiger partial charge < -0.3 is 9.42 Å². The van der Waals surface area contributed by atoms with Gasteiger partial charge in [-0.3, -0.25) is 13.9 Å². The molecule has 1 aromatic carbocycles. The number of hydrogen-bond acceptors (Lipinski definition) is 5. The fourth-order valence-electron chi connectivity index (χ4n) is 4.38. The fraction of sp³-hybridized carbons (Fsp3) is 0.429. The number of rotatable bonds is 14. The number of aryl methyl sites for hydroxylation is 2. The van der Waals surface area contributed by atoms with Gasteiger partial charge in [-0.2, -0.15) is 18.9 Å². The van der Waals surface area contributed by atoms with E-state index in [-0.39, 0.29) is 23.7 Å². The van der Waals surface area contributed by atoms with E-state index in [1.54, 1.807) is 24.3 Å². The number of aromatic nitrogens is 4. The largest absolute Gasteiger partial charge is 0.333 e. The minimum absolute atomic E-state index is 0.0147. The second kappa shape index (κ2) is 12.2. The second-order valence-corrected chi connectivity index (χ2v) is 9.61. The molecule has 38 heavy (non-hydrogen) atoms. The molecule has 7 nitrogen and oxygen atoms in total. The summed E-state index contributed by atoms with van der Waals surface area (Å²) < 4.78 is 45.4. The lowest BCUT2D eigenvalue weighted by Gasteiger charge is -2.27. The average Bonchev–Trinajstić information content (AvgIpc) is 3.51. The molecule has 10 heteroatoms. The van der Waals surface area contributed by atoms with Gasteiger partial charge >= 0.3 is 6.43 Å². The number of carbonyl (C=O) groups excluding carboxylic acids is 1. The first-order chi connectivity index (χ1) is 18.3. The Morgan fingerprint density at radius 1 is 1.32 bits per heavy atom. The number of hydrogen-bond donors (Lipinski definition) is 0. The Morgan fingerprint density at radius 2 is 2.11 bits per heavy atom. The van der Waals surface area contributed by atoms with Crippen LogP contribution in [0.2, 0.25) is 0 Å². The molecule has 1 fully saturated rings. The second-order valence-electron chi connectivity index (χ2n) is 9.61. The summed E-state index contributed by atoms with van der Waals surface area (Å²) in [6.45, 7) is 7.34. The summed E-state index contributed by atoms with van der Waals surface area (Å²) in [6, 6.07) is 8.82. The molecule has 4 rings (SSSR count). The highest BCUT2D eigenvalue weighted by atomic mass is 19.3. The zero-order chi connectivity index (χ0) is 27.2. The van der Waals surface area contributed by atoms with E-state index >= 15 is 0 Å². The van der Waals surface area contributed by atoms with E-state index in [1.165, 1.54) is 23.4 Å². The molecule has 1 aliphatic rings. The van der Waals surface area contributed by atoms with Crippen LogP contribution in [0.1, 0.15) is 61.7 Å². The third-order valence-corrected chi connectivity index (χ3v) is 6.74. The summed E-state index contributed by atoms with van der Waals surface area (Å²) in [6.07, 6.45) is 3.74. The molecule has 1 atom stereocenters. The van der Waals surface area contributed by atoms with Crippen molar-refractivity contribution in [3.8, 4) is 11.4 Å². The topological polar surface area (TPSA) is 77.0 Å². The summed E-state index contributed by atoms with van der Waals surface area (Å²) in [7, 11) is 1.96. The van der Waals surface area contributed by atoms with E-state index in [1.807, 2.05) is 17.8 Å². The lowest BCUT2D eigenvalue weighted by atomic mass is 9.99. The lowest BCUT2D eigenvalue weighted by Crippen LogP contribution is -2.36. The number of nitrogens with zero attached hydrogens (tertiary/aromatic N) is 5. The summed E-state index contributed by atoms with van der Waals surface area (Å²) in [5, 5.41) is 8.26. The zero-order valence-electron chi connectivity index (χ0n) is 21.5. The van der Waals surface area contributed by atoms with Crippen LogP contribution in [-0.4, -0.2) is 39.0 Å². The Balaban J connectivity index is 1.50. The van der Waals surface area contributed by atoms with Crippen molar-refractivity contribution in [1.29, 1.82) is 0 Å². The third kappa shape index (κ3) is 6.59. The van der Waals surface area contributed by atoms with Gasteiger partial charge in [0.15, 0.2) is 0 Å². The maximum absolute atomic E-state index is 13.3. The van der Waals surface area contributed by atoms with Gasteiger partial charge in [0.1, 0.15) is 0 Å². The molecule has 0 bridgehead atoms. The van der Waals surface area contributed by atoms with Crippen LogP contribution >= 0.6 is 0 Å². The normalized spacial score (nSPS) is 14.0. The predicted molar refractivity (Wildman–Crippen MR) is 139 cm³/mol. The molecular formula is C28H32F3N5O2. The standard InChI is InChI=1S/C28H32F3N5O2/c1-4-19(7-5-9-22-16-24(20-11-12-20)33-35(22)3)17-36(28(37)18(2)13-14-29)23-10-6-8-21(15-23)26-32-27(25(30)31)38-34-26/h4,6,8,10,15-16,19-20,25H,1-2,5,7,9,11-14,17H2,3H3. The van der Waals surface area contributed by atoms with Crippen LogP contribution in [0.4, 0.5) is 18.9 Å². The molecule has 2 aromatic heterocycles. The molecule has 0 radical (unpaired) electrons. The van der Waals surface area contributed by atoms with E-state index in [4.69, 9.17) is 0 Å². The van der Waals surface area contributed by atoms with Crippen molar-refractivity contribution in [2.24, 2.45) is 13.0 Å². The predicted octanol–water partition coefficient (Wildman–Crippen LogP) is 6.36. The van der Waals surface area contributed by atoms with Gasteiger partial charge in [0.2, 0.25) is 5.82 Å². The molecule has 1 aliphatic carbocycles. The Hall–Kier alpha value is -3.69. The first-order valence-corrected chi connectivity index (χ1v) is 12.7. The maximum atomic E-state index is 13.3. The van der Waals surface area contributed by atoms with Crippen LogP contribution in [0.25, 0.3) is 11.4 Å². The first kappa shape index (κ1) is 27.3. The van der Waals surface area contributed by atoms with E-state index in [0.29, 0.717) is 23.7 Å². The van der Waals surface area contributed by atoms with Crippen LogP contribution in [0.5, 0.6) is 0 Å². The number of alkyl halides is 3. The minimum atomic E-state index is -2.89. The highest BCUT2D eigenvalue weighted by molar-refractivity contribution is 6.05. The van der Waals surface area contributed by atoms with Gasteiger partial charge in [-0.15, -0.1) is 6.58 Å². The van der Waals surface area contributed by atoms with E-state index in [0.717, 1.165) is 25.0 Å². The molecule has 0 aliphatic heterocycles. The number of carbonyl (C=O) groups is 1. The van der Waals surface area contributed by atoms with Gasteiger partial charge in [0.05, 0.1) is 12.4 Å². The van der Waals surface area contributed by atoms with Crippen molar-refractivity contribution in [3.63, 3.8) is 0 Å². The van der Waals surface area contributed by atoms with Crippen molar-refractivity contribution in [3.05, 3.63) is 72.4 Å². The minimum Gasteiger partial charge on any atom is -0.333 e. The van der Waals surface area contributed by atoms with Gasteiger partial charge in [-0.25, -0.2) is 0 Å². The molecule has 1 amide bonds. The van der Waals surface area contributed by atoms with Crippen molar-refractivity contribution in [2.45, 2.75) is 50.9 Å². The lowest BCUT2D eigenvalue weighted by molar-refractivity contribution is -0.115. The van der Waals surface area contributed by atoms with Crippen molar-refractivity contribution < 1.29 is 22.5 Å². The Morgan fingerprint density at radius 3 is 2.76 bits per heavy atom. The molecule has 0 saturated heterocycles. The molecule has 1 saturated carbocycles. The summed E-state index contributed by atoms with van der Waals surface area (Å²) in [4.78, 5) is 18.6. The van der Waals surface area contributed by atoms with Crippen molar-refractivity contribution >= 4 is 11.6 Å². The Bertz CT molecular complexity index is 1280. The smallest absolute Gasteiger partial charge is 0.315 e. The van der Waals surface area contributed by atoms with Crippen LogP contribution in [-0.2, 0) is 18.3 Å². The van der Waals surface area contributed by atoms with Crippen LogP contribution < -0.4 is 4.90 Å². The molecule has 202 valence electrons. The van der Waals surface area contributed by atoms with Gasteiger partial charge in [-0.05, 0) is 56.2 Å². The quantitative estimate of drug-likeness (QED) is 0.180. The number of benzene rings is 1. The van der Waals surface area contributed by atoms with Gasteiger partial charge in [0.25, 0.3) is 11.8 Å². The first-order valence-electron chi connectivity index (χ1n) is 12.7. The third-order valence-electron chi connectivity index (χ3n) is 6.74. The van der Waals surface area contributed by atoms with Crippen molar-refractivity contribution in [1.82, 2.24) is 19.9 Å². The SMILES string of the molecule is C=CC(CCCc1cc(C2CC2)nn1C)CN(C(=O)C(=C)CCF)c1cccc(-c2noc(C(F)F)n2)c1. The monoisotopic (exact) mass is 527 g/mol. The molecule has 3 aromatic rings. The number of amides is 1. The number of anilines is 1. The molecule has 2 heterocycles. The maximum Gasteiger partial charge on any atom is 0.315 e. The van der Waals surface area contributed by atoms with Crippen LogP contribution in [0, 0.1) is 5.92 Å². The molecule has 1 unspecified atom stereocenters. The van der Waals surface area contributed by atoms with Gasteiger partial charge in [-0.1, -0.05) is 29.9 Å². The summed E-state index contributed by atoms with van der Waals surface area (Å²) in [5.41, 5.74) is 3.37. The fourth-order valence-corrected chi connectivity index (χ4v) is 4.38. The highest BCUT2D eigenvalue weighted by Gasteiger charge is 2.27. The Kier molecular flexibility index (Phi) is 8.81. The van der Waals surface area contributed by atoms with E-state index in [9.17, 15) is 18.0 Å². The van der Waals surface area contributed by atoms with E-state index < -0.39 is 24.9 Å². The molecular weight excluding hydrogens is 495 g/mol. The Labute approximate surface area is 220 Å². The van der Waals surface area contributed by atoms with Crippen LogP contribution in [0.15, 0.2) is 59.7 Å². The zero-order valence-corrected chi connectivity index (χ0v) is 21.5. The average molecular weight is 528 g/mol. The van der Waals surface area contributed by atoms with Crippen LogP contribution in [0.3, 0.4) is 0 Å². The van der Waals surface area contributed by atoms with Gasteiger partial charge in [0, 0.05) is 48.4 Å². The summed E-state index contributed by atoms with van der Waals surface area (Å²) >= 11 is 0. The van der Waals surface area contributed by atoms with Crippen molar-refractivity contribution in [2.75, 3.05) is 18.1 Å². The number of halogens is 3.